The summed E-state index contributed by atoms with van der Waals surface area (Å²) in [6.45, 7) is 4.16. The molecule has 1 heterocycles. The second-order valence-corrected chi connectivity index (χ2v) is 8.12. The Morgan fingerprint density at radius 1 is 1.10 bits per heavy atom. The maximum absolute atomic E-state index is 13.2. The third-order valence-corrected chi connectivity index (χ3v) is 5.71. The summed E-state index contributed by atoms with van der Waals surface area (Å²) in [6, 6.07) is 14.0. The van der Waals surface area contributed by atoms with Crippen LogP contribution in [0.5, 0.6) is 0 Å². The van der Waals surface area contributed by atoms with Crippen molar-refractivity contribution >= 4 is 23.5 Å². The van der Waals surface area contributed by atoms with Crippen LogP contribution in [0.1, 0.15) is 17.5 Å². The first-order valence-electron chi connectivity index (χ1n) is 10.4. The van der Waals surface area contributed by atoms with E-state index in [0.717, 1.165) is 24.2 Å². The Bertz CT molecular complexity index is 888. The minimum Gasteiger partial charge on any atom is -0.340 e. The normalized spacial score (nSPS) is 14.4. The molecule has 0 aromatic heterocycles. The number of carbonyl (C=O) groups is 2. The van der Waals surface area contributed by atoms with E-state index in [1.807, 2.05) is 35.2 Å². The molecule has 2 aromatic carbocycles. The van der Waals surface area contributed by atoms with Gasteiger partial charge in [0.15, 0.2) is 0 Å². The number of amides is 3. The summed E-state index contributed by atoms with van der Waals surface area (Å²) >= 11 is 6.11. The standard InChI is InChI=1S/C23H28ClFN4O2/c1-27(16-18-5-3-2-4-6-18)23(31)26-10-9-22(30)29-13-11-28(12-14-29)17-19-7-8-20(25)15-21(19)24/h2-8,15H,9-14,16-17H2,1H3,(H,26,31). The Labute approximate surface area is 187 Å². The van der Waals surface area contributed by atoms with Crippen LogP contribution in [0.3, 0.4) is 0 Å². The van der Waals surface area contributed by atoms with E-state index in [-0.39, 0.29) is 24.2 Å². The number of halogens is 2. The van der Waals surface area contributed by atoms with E-state index in [4.69, 9.17) is 11.6 Å². The summed E-state index contributed by atoms with van der Waals surface area (Å²) < 4.78 is 13.2. The molecule has 0 bridgehead atoms. The van der Waals surface area contributed by atoms with Crippen molar-refractivity contribution in [2.75, 3.05) is 39.8 Å². The van der Waals surface area contributed by atoms with Crippen LogP contribution in [0.15, 0.2) is 48.5 Å². The van der Waals surface area contributed by atoms with E-state index in [2.05, 4.69) is 10.2 Å². The van der Waals surface area contributed by atoms with E-state index in [9.17, 15) is 14.0 Å². The summed E-state index contributed by atoms with van der Waals surface area (Å²) in [6.07, 6.45) is 0.273. The molecule has 0 unspecified atom stereocenters. The summed E-state index contributed by atoms with van der Waals surface area (Å²) in [5.74, 6) is -0.312. The molecule has 2 aromatic rings. The molecule has 1 saturated heterocycles. The molecule has 1 aliphatic rings. The van der Waals surface area contributed by atoms with Crippen molar-refractivity contribution in [2.45, 2.75) is 19.5 Å². The number of rotatable bonds is 7. The lowest BCUT2D eigenvalue weighted by molar-refractivity contribution is -0.132. The predicted octanol–water partition coefficient (Wildman–Crippen LogP) is 3.36. The van der Waals surface area contributed by atoms with Gasteiger partial charge in [-0.25, -0.2) is 9.18 Å². The molecule has 166 valence electrons. The van der Waals surface area contributed by atoms with E-state index in [1.54, 1.807) is 18.0 Å². The Morgan fingerprint density at radius 2 is 1.81 bits per heavy atom. The second-order valence-electron chi connectivity index (χ2n) is 7.72. The molecule has 1 N–H and O–H groups in total. The fourth-order valence-electron chi connectivity index (χ4n) is 3.54. The smallest absolute Gasteiger partial charge is 0.317 e. The average molecular weight is 447 g/mol. The molecule has 0 aliphatic carbocycles. The van der Waals surface area contributed by atoms with Crippen LogP contribution in [0, 0.1) is 5.82 Å². The van der Waals surface area contributed by atoms with Crippen LogP contribution in [-0.4, -0.2) is 66.4 Å². The van der Waals surface area contributed by atoms with Gasteiger partial charge in [0.25, 0.3) is 0 Å². The quantitative estimate of drug-likeness (QED) is 0.709. The van der Waals surface area contributed by atoms with Crippen LogP contribution in [0.4, 0.5) is 9.18 Å². The van der Waals surface area contributed by atoms with Crippen LogP contribution in [0.2, 0.25) is 5.02 Å². The highest BCUT2D eigenvalue weighted by molar-refractivity contribution is 6.31. The SMILES string of the molecule is CN(Cc1ccccc1)C(=O)NCCC(=O)N1CCN(Cc2ccc(F)cc2Cl)CC1. The van der Waals surface area contributed by atoms with Gasteiger partial charge in [0.05, 0.1) is 0 Å². The van der Waals surface area contributed by atoms with Crippen molar-refractivity contribution in [1.29, 1.82) is 0 Å². The first kappa shape index (κ1) is 23.0. The second kappa shape index (κ2) is 11.1. The molecule has 0 saturated carbocycles. The van der Waals surface area contributed by atoms with Crippen LogP contribution < -0.4 is 5.32 Å². The third kappa shape index (κ3) is 6.94. The van der Waals surface area contributed by atoms with Crippen LogP contribution >= 0.6 is 11.6 Å². The van der Waals surface area contributed by atoms with Crippen molar-refractivity contribution in [1.82, 2.24) is 20.0 Å². The lowest BCUT2D eigenvalue weighted by atomic mass is 10.2. The monoisotopic (exact) mass is 446 g/mol. The van der Waals surface area contributed by atoms with Crippen molar-refractivity contribution in [3.63, 3.8) is 0 Å². The molecule has 31 heavy (non-hydrogen) atoms. The average Bonchev–Trinajstić information content (AvgIpc) is 2.76. The van der Waals surface area contributed by atoms with Gasteiger partial charge in [-0.05, 0) is 23.3 Å². The van der Waals surface area contributed by atoms with Gasteiger partial charge in [-0.2, -0.15) is 0 Å². The Balaban J connectivity index is 1.35. The molecule has 0 spiro atoms. The molecule has 6 nitrogen and oxygen atoms in total. The molecule has 3 rings (SSSR count). The third-order valence-electron chi connectivity index (χ3n) is 5.36. The van der Waals surface area contributed by atoms with E-state index in [0.29, 0.717) is 37.7 Å². The van der Waals surface area contributed by atoms with E-state index >= 15 is 0 Å². The number of nitrogens with one attached hydrogen (secondary N) is 1. The number of nitrogens with zero attached hydrogens (tertiary/aromatic N) is 3. The van der Waals surface area contributed by atoms with Crippen molar-refractivity contribution < 1.29 is 14.0 Å². The zero-order valence-corrected chi connectivity index (χ0v) is 18.4. The predicted molar refractivity (Wildman–Crippen MR) is 119 cm³/mol. The Morgan fingerprint density at radius 3 is 2.48 bits per heavy atom. The molecule has 0 atom stereocenters. The summed E-state index contributed by atoms with van der Waals surface area (Å²) in [5.41, 5.74) is 1.93. The van der Waals surface area contributed by atoms with Gasteiger partial charge < -0.3 is 15.1 Å². The van der Waals surface area contributed by atoms with Gasteiger partial charge in [-0.15, -0.1) is 0 Å². The number of benzene rings is 2. The maximum Gasteiger partial charge on any atom is 0.317 e. The number of urea groups is 1. The maximum atomic E-state index is 13.2. The van der Waals surface area contributed by atoms with Gasteiger partial charge in [0.1, 0.15) is 5.82 Å². The van der Waals surface area contributed by atoms with Crippen LogP contribution in [-0.2, 0) is 17.9 Å². The van der Waals surface area contributed by atoms with E-state index < -0.39 is 0 Å². The fraction of sp³-hybridized carbons (Fsp3) is 0.391. The van der Waals surface area contributed by atoms with Crippen LogP contribution in [0.25, 0.3) is 0 Å². The molecule has 8 heteroatoms. The van der Waals surface area contributed by atoms with Crippen molar-refractivity contribution in [3.8, 4) is 0 Å². The zero-order chi connectivity index (χ0) is 22.2. The Hall–Kier alpha value is -2.64. The highest BCUT2D eigenvalue weighted by Crippen LogP contribution is 2.19. The summed E-state index contributed by atoms with van der Waals surface area (Å²) in [4.78, 5) is 30.3. The highest BCUT2D eigenvalue weighted by Gasteiger charge is 2.21. The van der Waals surface area contributed by atoms with Gasteiger partial charge in [0, 0.05) is 64.3 Å². The topological polar surface area (TPSA) is 55.9 Å². The lowest BCUT2D eigenvalue weighted by Gasteiger charge is -2.35. The number of piperazine rings is 1. The molecular formula is C23H28ClFN4O2. The molecule has 3 amide bonds. The van der Waals surface area contributed by atoms with Crippen molar-refractivity contribution in [2.24, 2.45) is 0 Å². The minimum absolute atomic E-state index is 0.0328. The largest absolute Gasteiger partial charge is 0.340 e. The molecular weight excluding hydrogens is 419 g/mol. The number of hydrogen-bond donors (Lipinski definition) is 1. The molecule has 1 fully saturated rings. The first-order valence-corrected chi connectivity index (χ1v) is 10.8. The molecule has 0 radical (unpaired) electrons. The van der Waals surface area contributed by atoms with Gasteiger partial charge in [-0.1, -0.05) is 48.0 Å². The Kier molecular flexibility index (Phi) is 8.26. The first-order chi connectivity index (χ1) is 14.9. The minimum atomic E-state index is -0.345. The van der Waals surface area contributed by atoms with Gasteiger partial charge in [-0.3, -0.25) is 9.69 Å². The van der Waals surface area contributed by atoms with E-state index in [1.165, 1.54) is 12.1 Å². The van der Waals surface area contributed by atoms with Gasteiger partial charge >= 0.3 is 6.03 Å². The van der Waals surface area contributed by atoms with Gasteiger partial charge in [0.2, 0.25) is 5.91 Å². The zero-order valence-electron chi connectivity index (χ0n) is 17.7. The summed E-state index contributed by atoms with van der Waals surface area (Å²) in [5, 5.41) is 3.23. The molecule has 1 aliphatic heterocycles. The number of hydrogen-bond acceptors (Lipinski definition) is 3. The lowest BCUT2D eigenvalue weighted by Crippen LogP contribution is -2.49. The highest BCUT2D eigenvalue weighted by atomic mass is 35.5. The number of carbonyl (C=O) groups excluding carboxylic acids is 2. The fourth-order valence-corrected chi connectivity index (χ4v) is 3.77. The van der Waals surface area contributed by atoms with Crippen molar-refractivity contribution in [3.05, 3.63) is 70.5 Å². The summed E-state index contributed by atoms with van der Waals surface area (Å²) in [7, 11) is 1.73.